The summed E-state index contributed by atoms with van der Waals surface area (Å²) >= 11 is 0. The van der Waals surface area contributed by atoms with E-state index in [4.69, 9.17) is 4.74 Å². The Morgan fingerprint density at radius 1 is 0.867 bits per heavy atom. The topological polar surface area (TPSA) is 67.4 Å². The molecule has 3 atom stereocenters. The number of carbonyl (C=O) groups is 2. The second kappa shape index (κ2) is 7.98. The average molecular weight is 402 g/mol. The highest BCUT2D eigenvalue weighted by atomic mass is 16.5. The zero-order valence-electron chi connectivity index (χ0n) is 16.8. The number of nitrogens with one attached hydrogen (secondary N) is 2. The maximum Gasteiger partial charge on any atom is 0.407 e. The van der Waals surface area contributed by atoms with Crippen LogP contribution in [-0.4, -0.2) is 31.7 Å². The molecule has 2 bridgehead atoms. The van der Waals surface area contributed by atoms with Crippen molar-refractivity contribution in [3.8, 4) is 11.1 Å². The molecule has 3 unspecified atom stereocenters. The van der Waals surface area contributed by atoms with Gasteiger partial charge in [-0.3, -0.25) is 4.79 Å². The highest BCUT2D eigenvalue weighted by Crippen LogP contribution is 2.45. The standard InChI is InChI=1S/C25H26N2O3/c28-24(22-14-16-9-10-17(22)13-16)26-11-12-27-25(29)30-15-23-20-7-3-1-5-18(20)19-6-2-4-8-21(19)23/h1-10,16-17,22-23H,11-15H2,(H,26,28)(H,27,29). The van der Waals surface area contributed by atoms with Gasteiger partial charge in [0.15, 0.2) is 0 Å². The maximum absolute atomic E-state index is 12.3. The Labute approximate surface area is 176 Å². The van der Waals surface area contributed by atoms with E-state index in [1.165, 1.54) is 22.3 Å². The first-order valence-corrected chi connectivity index (χ1v) is 10.8. The number of rotatable bonds is 6. The number of benzene rings is 2. The number of allylic oxidation sites excluding steroid dienone is 2. The van der Waals surface area contributed by atoms with Crippen LogP contribution in [0.15, 0.2) is 60.7 Å². The Kier molecular flexibility index (Phi) is 5.03. The Bertz CT molecular complexity index is 954. The molecular formula is C25H26N2O3. The monoisotopic (exact) mass is 402 g/mol. The maximum atomic E-state index is 12.3. The van der Waals surface area contributed by atoms with Crippen LogP contribution < -0.4 is 10.6 Å². The number of amides is 2. The van der Waals surface area contributed by atoms with Crippen LogP contribution in [0.3, 0.4) is 0 Å². The first-order valence-electron chi connectivity index (χ1n) is 10.8. The molecule has 0 spiro atoms. The summed E-state index contributed by atoms with van der Waals surface area (Å²) in [5, 5.41) is 5.69. The molecule has 5 rings (SSSR count). The van der Waals surface area contributed by atoms with E-state index in [-0.39, 0.29) is 17.7 Å². The molecule has 0 saturated heterocycles. The predicted molar refractivity (Wildman–Crippen MR) is 115 cm³/mol. The van der Waals surface area contributed by atoms with Crippen molar-refractivity contribution in [2.45, 2.75) is 18.8 Å². The minimum absolute atomic E-state index is 0.0497. The third kappa shape index (κ3) is 3.49. The highest BCUT2D eigenvalue weighted by Gasteiger charge is 2.39. The summed E-state index contributed by atoms with van der Waals surface area (Å²) in [7, 11) is 0. The Hall–Kier alpha value is -3.08. The highest BCUT2D eigenvalue weighted by molar-refractivity contribution is 5.80. The molecule has 5 heteroatoms. The molecule has 0 aromatic heterocycles. The van der Waals surface area contributed by atoms with Gasteiger partial charge in [0.25, 0.3) is 0 Å². The molecular weight excluding hydrogens is 376 g/mol. The van der Waals surface area contributed by atoms with Crippen molar-refractivity contribution in [2.24, 2.45) is 17.8 Å². The van der Waals surface area contributed by atoms with E-state index in [1.807, 2.05) is 24.3 Å². The fourth-order valence-corrected chi connectivity index (χ4v) is 5.21. The normalized spacial score (nSPS) is 23.1. The summed E-state index contributed by atoms with van der Waals surface area (Å²) < 4.78 is 5.51. The summed E-state index contributed by atoms with van der Waals surface area (Å²) in [5.74, 6) is 1.21. The summed E-state index contributed by atoms with van der Waals surface area (Å²) in [4.78, 5) is 24.5. The zero-order chi connectivity index (χ0) is 20.5. The number of carbonyl (C=O) groups excluding carboxylic acids is 2. The molecule has 1 fully saturated rings. The minimum Gasteiger partial charge on any atom is -0.449 e. The summed E-state index contributed by atoms with van der Waals surface area (Å²) in [5.41, 5.74) is 4.80. The van der Waals surface area contributed by atoms with Gasteiger partial charge in [-0.1, -0.05) is 60.7 Å². The van der Waals surface area contributed by atoms with Crippen LogP contribution in [0.2, 0.25) is 0 Å². The van der Waals surface area contributed by atoms with E-state index in [0.717, 1.165) is 12.8 Å². The molecule has 2 amide bonds. The van der Waals surface area contributed by atoms with Gasteiger partial charge in [-0.05, 0) is 46.9 Å². The van der Waals surface area contributed by atoms with Gasteiger partial charge in [-0.15, -0.1) is 0 Å². The van der Waals surface area contributed by atoms with Gasteiger partial charge in [0, 0.05) is 24.9 Å². The largest absolute Gasteiger partial charge is 0.449 e. The minimum atomic E-state index is -0.450. The molecule has 0 heterocycles. The van der Waals surface area contributed by atoms with Gasteiger partial charge < -0.3 is 15.4 Å². The Balaban J connectivity index is 1.09. The number of alkyl carbamates (subject to hydrolysis) is 1. The fourth-order valence-electron chi connectivity index (χ4n) is 5.21. The molecule has 2 aromatic rings. The van der Waals surface area contributed by atoms with Crippen molar-refractivity contribution in [3.05, 3.63) is 71.8 Å². The van der Waals surface area contributed by atoms with Crippen molar-refractivity contribution in [2.75, 3.05) is 19.7 Å². The lowest BCUT2D eigenvalue weighted by Gasteiger charge is -2.18. The van der Waals surface area contributed by atoms with Crippen LogP contribution in [-0.2, 0) is 9.53 Å². The van der Waals surface area contributed by atoms with E-state index in [9.17, 15) is 9.59 Å². The fraction of sp³-hybridized carbons (Fsp3) is 0.360. The quantitative estimate of drug-likeness (QED) is 0.570. The number of ether oxygens (including phenoxy) is 1. The molecule has 3 aliphatic carbocycles. The van der Waals surface area contributed by atoms with Gasteiger partial charge >= 0.3 is 6.09 Å². The number of hydrogen-bond donors (Lipinski definition) is 2. The van der Waals surface area contributed by atoms with Crippen LogP contribution in [0.4, 0.5) is 4.79 Å². The molecule has 5 nitrogen and oxygen atoms in total. The van der Waals surface area contributed by atoms with Crippen molar-refractivity contribution >= 4 is 12.0 Å². The van der Waals surface area contributed by atoms with E-state index in [1.54, 1.807) is 0 Å². The SMILES string of the molecule is O=C(NCCNC(=O)C1CC2C=CC1C2)OCC1c2ccccc2-c2ccccc21. The molecule has 2 N–H and O–H groups in total. The van der Waals surface area contributed by atoms with Crippen LogP contribution in [0.1, 0.15) is 29.9 Å². The van der Waals surface area contributed by atoms with Gasteiger partial charge in [-0.25, -0.2) is 4.79 Å². The summed E-state index contributed by atoms with van der Waals surface area (Å²) in [6.45, 7) is 1.07. The van der Waals surface area contributed by atoms with Crippen LogP contribution >= 0.6 is 0 Å². The zero-order valence-corrected chi connectivity index (χ0v) is 16.8. The summed E-state index contributed by atoms with van der Waals surface area (Å²) in [6, 6.07) is 16.5. The average Bonchev–Trinajstić information content (AvgIpc) is 3.48. The van der Waals surface area contributed by atoms with Gasteiger partial charge in [0.05, 0.1) is 0 Å². The first-order chi connectivity index (χ1) is 14.7. The van der Waals surface area contributed by atoms with Crippen molar-refractivity contribution in [1.29, 1.82) is 0 Å². The van der Waals surface area contributed by atoms with E-state index in [2.05, 4.69) is 47.1 Å². The molecule has 30 heavy (non-hydrogen) atoms. The van der Waals surface area contributed by atoms with Crippen molar-refractivity contribution < 1.29 is 14.3 Å². The molecule has 2 aromatic carbocycles. The van der Waals surface area contributed by atoms with Crippen molar-refractivity contribution in [1.82, 2.24) is 10.6 Å². The van der Waals surface area contributed by atoms with E-state index in [0.29, 0.717) is 31.5 Å². The van der Waals surface area contributed by atoms with E-state index >= 15 is 0 Å². The third-order valence-corrected chi connectivity index (χ3v) is 6.65. The second-order valence-electron chi connectivity index (χ2n) is 8.43. The summed E-state index contributed by atoms with van der Waals surface area (Å²) in [6.07, 6.45) is 6.01. The first kappa shape index (κ1) is 18.9. The molecule has 0 radical (unpaired) electrons. The molecule has 154 valence electrons. The lowest BCUT2D eigenvalue weighted by atomic mass is 9.93. The number of hydrogen-bond acceptors (Lipinski definition) is 3. The Morgan fingerprint density at radius 3 is 2.17 bits per heavy atom. The van der Waals surface area contributed by atoms with Gasteiger partial charge in [0.1, 0.15) is 6.61 Å². The predicted octanol–water partition coefficient (Wildman–Crippen LogP) is 3.85. The van der Waals surface area contributed by atoms with Crippen molar-refractivity contribution in [3.63, 3.8) is 0 Å². The Morgan fingerprint density at radius 2 is 1.53 bits per heavy atom. The molecule has 0 aliphatic heterocycles. The van der Waals surface area contributed by atoms with Gasteiger partial charge in [0.2, 0.25) is 5.91 Å². The van der Waals surface area contributed by atoms with Crippen LogP contribution in [0.5, 0.6) is 0 Å². The number of fused-ring (bicyclic) bond motifs is 5. The van der Waals surface area contributed by atoms with E-state index < -0.39 is 6.09 Å². The van der Waals surface area contributed by atoms with Crippen LogP contribution in [0.25, 0.3) is 11.1 Å². The second-order valence-corrected chi connectivity index (χ2v) is 8.43. The lowest BCUT2D eigenvalue weighted by molar-refractivity contribution is -0.125. The lowest BCUT2D eigenvalue weighted by Crippen LogP contribution is -2.39. The third-order valence-electron chi connectivity index (χ3n) is 6.65. The molecule has 3 aliphatic rings. The van der Waals surface area contributed by atoms with Crippen LogP contribution in [0, 0.1) is 17.8 Å². The smallest absolute Gasteiger partial charge is 0.407 e. The van der Waals surface area contributed by atoms with Gasteiger partial charge in [-0.2, -0.15) is 0 Å². The molecule has 1 saturated carbocycles.